The minimum atomic E-state index is 0.537. The third-order valence-electron chi connectivity index (χ3n) is 2.39. The van der Waals surface area contributed by atoms with E-state index in [9.17, 15) is 0 Å². The molecule has 0 radical (unpaired) electrons. The van der Waals surface area contributed by atoms with Gasteiger partial charge in [-0.05, 0) is 31.6 Å². The van der Waals surface area contributed by atoms with Crippen LogP contribution >= 0.6 is 11.8 Å². The van der Waals surface area contributed by atoms with E-state index < -0.39 is 0 Å². The molecule has 1 aliphatic heterocycles. The molecule has 11 heavy (non-hydrogen) atoms. The fourth-order valence-electron chi connectivity index (χ4n) is 1.61. The van der Waals surface area contributed by atoms with Crippen molar-refractivity contribution in [2.24, 2.45) is 5.41 Å². The highest BCUT2D eigenvalue weighted by atomic mass is 32.2. The molecule has 0 aromatic heterocycles. The molecule has 1 unspecified atom stereocenters. The van der Waals surface area contributed by atoms with Crippen LogP contribution in [-0.2, 0) is 0 Å². The number of hydrogen-bond donors (Lipinski definition) is 0. The van der Waals surface area contributed by atoms with Crippen LogP contribution in [0.2, 0.25) is 0 Å². The molecule has 0 amide bonds. The zero-order valence-corrected chi connectivity index (χ0v) is 8.87. The Hall–Kier alpha value is 0.310. The summed E-state index contributed by atoms with van der Waals surface area (Å²) >= 11 is 2.06. The molecule has 1 heterocycles. The summed E-state index contributed by atoms with van der Waals surface area (Å²) < 4.78 is 0. The van der Waals surface area contributed by atoms with Gasteiger partial charge in [-0.3, -0.25) is 4.90 Å². The van der Waals surface area contributed by atoms with Crippen molar-refractivity contribution in [3.63, 3.8) is 0 Å². The normalized spacial score (nSPS) is 33.3. The predicted octanol–water partition coefficient (Wildman–Crippen LogP) is 2.43. The van der Waals surface area contributed by atoms with Crippen LogP contribution in [-0.4, -0.2) is 29.6 Å². The summed E-state index contributed by atoms with van der Waals surface area (Å²) in [7, 11) is 2.22. The molecule has 0 aliphatic carbocycles. The third kappa shape index (κ3) is 2.68. The lowest BCUT2D eigenvalue weighted by Gasteiger charge is -2.26. The number of thioether (sulfide) groups is 1. The highest BCUT2D eigenvalue weighted by Crippen LogP contribution is 2.32. The number of hydrogen-bond acceptors (Lipinski definition) is 2. The highest BCUT2D eigenvalue weighted by molar-refractivity contribution is 7.99. The van der Waals surface area contributed by atoms with Gasteiger partial charge in [0, 0.05) is 11.9 Å². The molecule has 0 saturated carbocycles. The van der Waals surface area contributed by atoms with E-state index in [4.69, 9.17) is 0 Å². The van der Waals surface area contributed by atoms with Gasteiger partial charge in [0.1, 0.15) is 0 Å². The molecule has 0 aromatic rings. The maximum atomic E-state index is 2.44. The first-order chi connectivity index (χ1) is 5.01. The number of nitrogens with zero attached hydrogens (tertiary/aromatic N) is 1. The van der Waals surface area contributed by atoms with Crippen LogP contribution in [0.4, 0.5) is 0 Å². The Morgan fingerprint density at radius 1 is 1.45 bits per heavy atom. The van der Waals surface area contributed by atoms with Gasteiger partial charge >= 0.3 is 0 Å². The zero-order valence-electron chi connectivity index (χ0n) is 8.05. The van der Waals surface area contributed by atoms with E-state index in [1.807, 2.05) is 0 Å². The molecule has 66 valence electrons. The maximum Gasteiger partial charge on any atom is 0.0444 e. The lowest BCUT2D eigenvalue weighted by Crippen LogP contribution is -2.30. The molecule has 0 bridgehead atoms. The molecule has 1 atom stereocenters. The van der Waals surface area contributed by atoms with Crippen molar-refractivity contribution in [3.8, 4) is 0 Å². The van der Waals surface area contributed by atoms with Gasteiger partial charge in [-0.1, -0.05) is 13.8 Å². The Bertz CT molecular complexity index is 134. The summed E-state index contributed by atoms with van der Waals surface area (Å²) in [5.74, 6) is 2.51. The van der Waals surface area contributed by atoms with Crippen molar-refractivity contribution in [1.29, 1.82) is 0 Å². The van der Waals surface area contributed by atoms with Gasteiger partial charge in [0.15, 0.2) is 0 Å². The predicted molar refractivity (Wildman–Crippen MR) is 52.9 cm³/mol. The summed E-state index contributed by atoms with van der Waals surface area (Å²) in [4.78, 5) is 2.44. The molecular weight excluding hydrogens is 154 g/mol. The minimum Gasteiger partial charge on any atom is -0.294 e. The van der Waals surface area contributed by atoms with E-state index >= 15 is 0 Å². The van der Waals surface area contributed by atoms with Gasteiger partial charge in [0.2, 0.25) is 0 Å². The van der Waals surface area contributed by atoms with Crippen LogP contribution in [0, 0.1) is 5.41 Å². The molecule has 1 fully saturated rings. The molecule has 1 aliphatic rings. The topological polar surface area (TPSA) is 3.24 Å². The molecular formula is C9H19NS. The summed E-state index contributed by atoms with van der Waals surface area (Å²) in [5.41, 5.74) is 0.537. The van der Waals surface area contributed by atoms with Crippen molar-refractivity contribution >= 4 is 11.8 Å². The van der Waals surface area contributed by atoms with Crippen molar-refractivity contribution < 1.29 is 0 Å². The largest absolute Gasteiger partial charge is 0.294 e. The van der Waals surface area contributed by atoms with E-state index in [1.165, 1.54) is 18.1 Å². The van der Waals surface area contributed by atoms with Gasteiger partial charge in [-0.25, -0.2) is 0 Å². The standard InChI is InChI=1S/C9H19NS/c1-8-5-9(2,3)6-11-7-10(8)4/h8H,5-7H2,1-4H3. The lowest BCUT2D eigenvalue weighted by molar-refractivity contribution is 0.230. The van der Waals surface area contributed by atoms with Gasteiger partial charge in [-0.15, -0.1) is 11.8 Å². The molecule has 0 N–H and O–H groups in total. The second-order valence-corrected chi connectivity index (χ2v) is 5.41. The van der Waals surface area contributed by atoms with Crippen molar-refractivity contribution in [1.82, 2.24) is 4.90 Å². The molecule has 0 spiro atoms. The van der Waals surface area contributed by atoms with E-state index in [0.717, 1.165) is 6.04 Å². The van der Waals surface area contributed by atoms with Crippen LogP contribution in [0.15, 0.2) is 0 Å². The minimum absolute atomic E-state index is 0.537. The van der Waals surface area contributed by atoms with Crippen LogP contribution in [0.5, 0.6) is 0 Å². The lowest BCUT2D eigenvalue weighted by atomic mass is 9.88. The Balaban J connectivity index is 2.55. The first-order valence-electron chi connectivity index (χ1n) is 4.29. The Kier molecular flexibility index (Phi) is 2.87. The van der Waals surface area contributed by atoms with Crippen molar-refractivity contribution in [2.75, 3.05) is 18.7 Å². The van der Waals surface area contributed by atoms with Gasteiger partial charge in [0.25, 0.3) is 0 Å². The van der Waals surface area contributed by atoms with Crippen molar-refractivity contribution in [2.45, 2.75) is 33.2 Å². The van der Waals surface area contributed by atoms with E-state index in [1.54, 1.807) is 0 Å². The van der Waals surface area contributed by atoms with E-state index in [2.05, 4.69) is 44.5 Å². The van der Waals surface area contributed by atoms with Gasteiger partial charge in [-0.2, -0.15) is 0 Å². The van der Waals surface area contributed by atoms with Gasteiger partial charge in [0.05, 0.1) is 0 Å². The number of rotatable bonds is 0. The summed E-state index contributed by atoms with van der Waals surface area (Å²) in [5, 5.41) is 0. The average Bonchev–Trinajstić information content (AvgIpc) is 1.93. The van der Waals surface area contributed by atoms with Crippen molar-refractivity contribution in [3.05, 3.63) is 0 Å². The van der Waals surface area contributed by atoms with Gasteiger partial charge < -0.3 is 0 Å². The molecule has 1 saturated heterocycles. The summed E-state index contributed by atoms with van der Waals surface area (Å²) in [6.45, 7) is 7.07. The van der Waals surface area contributed by atoms with Crippen LogP contribution in [0.3, 0.4) is 0 Å². The smallest absolute Gasteiger partial charge is 0.0444 e. The molecule has 2 heteroatoms. The Morgan fingerprint density at radius 2 is 2.09 bits per heavy atom. The Morgan fingerprint density at radius 3 is 2.73 bits per heavy atom. The van der Waals surface area contributed by atoms with Crippen LogP contribution < -0.4 is 0 Å². The zero-order chi connectivity index (χ0) is 8.48. The second kappa shape index (κ2) is 3.36. The fraction of sp³-hybridized carbons (Fsp3) is 1.00. The molecule has 1 rings (SSSR count). The van der Waals surface area contributed by atoms with Crippen LogP contribution in [0.1, 0.15) is 27.2 Å². The van der Waals surface area contributed by atoms with E-state index in [0.29, 0.717) is 5.41 Å². The Labute approximate surface area is 74.5 Å². The quantitative estimate of drug-likeness (QED) is 0.553. The molecule has 1 nitrogen and oxygen atoms in total. The SMILES string of the molecule is CC1CC(C)(C)CSCN1C. The summed E-state index contributed by atoms with van der Waals surface area (Å²) in [6.07, 6.45) is 1.33. The fourth-order valence-corrected chi connectivity index (χ4v) is 2.91. The second-order valence-electron chi connectivity index (χ2n) is 4.45. The maximum absolute atomic E-state index is 2.44. The average molecular weight is 173 g/mol. The van der Waals surface area contributed by atoms with Crippen LogP contribution in [0.25, 0.3) is 0 Å². The molecule has 0 aromatic carbocycles. The first kappa shape index (κ1) is 9.40. The first-order valence-corrected chi connectivity index (χ1v) is 5.45. The monoisotopic (exact) mass is 173 g/mol. The summed E-state index contributed by atoms with van der Waals surface area (Å²) in [6, 6.07) is 0.750. The van der Waals surface area contributed by atoms with E-state index in [-0.39, 0.29) is 0 Å². The third-order valence-corrected chi connectivity index (χ3v) is 3.96. The highest BCUT2D eigenvalue weighted by Gasteiger charge is 2.26.